The predicted molar refractivity (Wildman–Crippen MR) is 140 cm³/mol. The molecule has 6 N–H and O–H groups in total. The number of nitrogens with zero attached hydrogens (tertiary/aromatic N) is 1. The van der Waals surface area contributed by atoms with Crippen LogP contribution in [0.5, 0.6) is 5.75 Å². The molecule has 0 bridgehead atoms. The second kappa shape index (κ2) is 11.3. The summed E-state index contributed by atoms with van der Waals surface area (Å²) >= 11 is 0. The molecule has 186 valence electrons. The fraction of sp³-hybridized carbons (Fsp3) is 0.357. The van der Waals surface area contributed by atoms with Crippen molar-refractivity contribution in [2.24, 2.45) is 0 Å². The summed E-state index contributed by atoms with van der Waals surface area (Å²) in [4.78, 5) is 16.7. The number of aliphatic hydroxyl groups is 1. The minimum Gasteiger partial charge on any atom is -0.506 e. The van der Waals surface area contributed by atoms with Crippen LogP contribution in [0.4, 0.5) is 11.5 Å². The second-order valence-electron chi connectivity index (χ2n) is 10.1. The van der Waals surface area contributed by atoms with Crippen LogP contribution < -0.4 is 16.4 Å². The maximum Gasteiger partial charge on any atom is 0.228 e. The van der Waals surface area contributed by atoms with E-state index in [0.717, 1.165) is 23.1 Å². The van der Waals surface area contributed by atoms with Crippen molar-refractivity contribution in [2.45, 2.75) is 58.1 Å². The first-order chi connectivity index (χ1) is 16.5. The topological polar surface area (TPSA) is 120 Å². The number of carbonyl (C=O) groups is 1. The number of hydrogen-bond donors (Lipinski definition) is 5. The monoisotopic (exact) mass is 476 g/mol. The van der Waals surface area contributed by atoms with Gasteiger partial charge in [-0.05, 0) is 53.6 Å². The van der Waals surface area contributed by atoms with Crippen molar-refractivity contribution in [1.82, 2.24) is 10.3 Å². The standard InChI is InChI=1S/C28H36N4O3/c1-18(30-17-25(34)21-8-11-26(29)31-16-21)12-19-6-5-7-20(13-19)14-27(35)32-23-15-22(28(2,3)4)9-10-24(23)33/h5-11,13,15-16,18,25,30,33-34H,12,14,17H2,1-4H3,(H2,29,31)(H,32,35)/t18-,25-/m1/s1. The summed E-state index contributed by atoms with van der Waals surface area (Å²) in [6, 6.07) is 16.8. The van der Waals surface area contributed by atoms with Crippen LogP contribution in [-0.2, 0) is 23.1 Å². The van der Waals surface area contributed by atoms with Crippen LogP contribution >= 0.6 is 0 Å². The molecule has 1 aromatic heterocycles. The van der Waals surface area contributed by atoms with E-state index in [9.17, 15) is 15.0 Å². The largest absolute Gasteiger partial charge is 0.506 e. The number of amides is 1. The minimum absolute atomic E-state index is 0.0527. The summed E-state index contributed by atoms with van der Waals surface area (Å²) in [5.41, 5.74) is 9.67. The smallest absolute Gasteiger partial charge is 0.228 e. The molecule has 7 nitrogen and oxygen atoms in total. The molecule has 3 aromatic rings. The lowest BCUT2D eigenvalue weighted by atomic mass is 9.87. The van der Waals surface area contributed by atoms with E-state index in [1.807, 2.05) is 36.4 Å². The highest BCUT2D eigenvalue weighted by atomic mass is 16.3. The van der Waals surface area contributed by atoms with Crippen LogP contribution in [0, 0.1) is 0 Å². The lowest BCUT2D eigenvalue weighted by Gasteiger charge is -2.20. The number of hydrogen-bond acceptors (Lipinski definition) is 6. The number of aliphatic hydroxyl groups excluding tert-OH is 1. The third kappa shape index (κ3) is 7.80. The molecule has 35 heavy (non-hydrogen) atoms. The van der Waals surface area contributed by atoms with Gasteiger partial charge in [0.15, 0.2) is 0 Å². The van der Waals surface area contributed by atoms with Gasteiger partial charge in [-0.25, -0.2) is 4.98 Å². The van der Waals surface area contributed by atoms with Gasteiger partial charge in [-0.2, -0.15) is 0 Å². The number of aromatic nitrogens is 1. The van der Waals surface area contributed by atoms with E-state index in [2.05, 4.69) is 43.3 Å². The Bertz CT molecular complexity index is 1140. The normalized spacial score (nSPS) is 13.3. The van der Waals surface area contributed by atoms with Crippen LogP contribution in [0.2, 0.25) is 0 Å². The average molecular weight is 477 g/mol. The molecule has 0 aliphatic rings. The van der Waals surface area contributed by atoms with E-state index in [1.54, 1.807) is 24.4 Å². The lowest BCUT2D eigenvalue weighted by molar-refractivity contribution is -0.115. The Morgan fingerprint density at radius 2 is 1.83 bits per heavy atom. The molecule has 0 fully saturated rings. The number of nitrogens with two attached hydrogens (primary N) is 1. The van der Waals surface area contributed by atoms with Crippen LogP contribution in [0.15, 0.2) is 60.8 Å². The highest BCUT2D eigenvalue weighted by Gasteiger charge is 2.17. The minimum atomic E-state index is -0.672. The molecular formula is C28H36N4O3. The first-order valence-electron chi connectivity index (χ1n) is 11.9. The Hall–Kier alpha value is -3.42. The summed E-state index contributed by atoms with van der Waals surface area (Å²) in [5.74, 6) is 0.290. The predicted octanol–water partition coefficient (Wildman–Crippen LogP) is 4.10. The maximum absolute atomic E-state index is 12.7. The third-order valence-electron chi connectivity index (χ3n) is 5.89. The van der Waals surface area contributed by atoms with E-state index >= 15 is 0 Å². The van der Waals surface area contributed by atoms with Crippen molar-refractivity contribution >= 4 is 17.4 Å². The molecule has 1 amide bonds. The Balaban J connectivity index is 1.55. The molecular weight excluding hydrogens is 440 g/mol. The summed E-state index contributed by atoms with van der Waals surface area (Å²) in [6.45, 7) is 8.71. The summed E-state index contributed by atoms with van der Waals surface area (Å²) in [6.07, 6.45) is 1.86. The quantitative estimate of drug-likeness (QED) is 0.297. The number of nitrogen functional groups attached to an aromatic ring is 1. The van der Waals surface area contributed by atoms with Gasteiger partial charge in [0.25, 0.3) is 0 Å². The van der Waals surface area contributed by atoms with Crippen molar-refractivity contribution in [3.8, 4) is 5.75 Å². The van der Waals surface area contributed by atoms with E-state index in [0.29, 0.717) is 23.6 Å². The SMILES string of the molecule is C[C@H](Cc1cccc(CC(=O)Nc2cc(C(C)(C)C)ccc2O)c1)NC[C@@H](O)c1ccc(N)nc1. The van der Waals surface area contributed by atoms with E-state index in [4.69, 9.17) is 5.73 Å². The molecule has 2 aromatic carbocycles. The molecule has 2 atom stereocenters. The van der Waals surface area contributed by atoms with Crippen molar-refractivity contribution in [1.29, 1.82) is 0 Å². The molecule has 0 radical (unpaired) electrons. The Morgan fingerprint density at radius 3 is 2.51 bits per heavy atom. The lowest BCUT2D eigenvalue weighted by Crippen LogP contribution is -2.32. The number of benzene rings is 2. The van der Waals surface area contributed by atoms with E-state index in [-0.39, 0.29) is 29.5 Å². The third-order valence-corrected chi connectivity index (χ3v) is 5.89. The van der Waals surface area contributed by atoms with Crippen molar-refractivity contribution in [3.63, 3.8) is 0 Å². The van der Waals surface area contributed by atoms with Gasteiger partial charge in [-0.3, -0.25) is 4.79 Å². The van der Waals surface area contributed by atoms with Crippen LogP contribution in [-0.4, -0.2) is 33.7 Å². The molecule has 7 heteroatoms. The Labute approximate surface area is 207 Å². The van der Waals surface area contributed by atoms with Gasteiger partial charge in [-0.1, -0.05) is 57.2 Å². The molecule has 3 rings (SSSR count). The Kier molecular flexibility index (Phi) is 8.48. The highest BCUT2D eigenvalue weighted by Crippen LogP contribution is 2.30. The molecule has 1 heterocycles. The summed E-state index contributed by atoms with van der Waals surface area (Å²) in [7, 11) is 0. The van der Waals surface area contributed by atoms with Crippen LogP contribution in [0.1, 0.15) is 56.1 Å². The number of anilines is 2. The van der Waals surface area contributed by atoms with Gasteiger partial charge in [0.1, 0.15) is 11.6 Å². The first kappa shape index (κ1) is 26.2. The van der Waals surface area contributed by atoms with E-state index < -0.39 is 6.10 Å². The molecule has 0 saturated carbocycles. The highest BCUT2D eigenvalue weighted by molar-refractivity contribution is 5.93. The van der Waals surface area contributed by atoms with Gasteiger partial charge in [0.2, 0.25) is 5.91 Å². The fourth-order valence-corrected chi connectivity index (χ4v) is 3.82. The number of pyridine rings is 1. The number of phenolic OH excluding ortho intramolecular Hbond substituents is 1. The number of carbonyl (C=O) groups excluding carboxylic acids is 1. The molecule has 0 unspecified atom stereocenters. The van der Waals surface area contributed by atoms with Gasteiger partial charge in [0, 0.05) is 24.3 Å². The zero-order valence-electron chi connectivity index (χ0n) is 20.9. The number of rotatable bonds is 9. The number of phenols is 1. The number of aromatic hydroxyl groups is 1. The van der Waals surface area contributed by atoms with Crippen molar-refractivity contribution in [3.05, 3.63) is 83.0 Å². The molecule has 0 aliphatic heterocycles. The van der Waals surface area contributed by atoms with Gasteiger partial charge in [0.05, 0.1) is 18.2 Å². The van der Waals surface area contributed by atoms with Crippen LogP contribution in [0.25, 0.3) is 0 Å². The number of nitrogens with one attached hydrogen (secondary N) is 2. The second-order valence-corrected chi connectivity index (χ2v) is 10.1. The van der Waals surface area contributed by atoms with Crippen molar-refractivity contribution < 1.29 is 15.0 Å². The zero-order valence-corrected chi connectivity index (χ0v) is 20.9. The van der Waals surface area contributed by atoms with Crippen molar-refractivity contribution in [2.75, 3.05) is 17.6 Å². The summed E-state index contributed by atoms with van der Waals surface area (Å²) < 4.78 is 0. The van der Waals surface area contributed by atoms with Gasteiger partial charge in [-0.15, -0.1) is 0 Å². The van der Waals surface area contributed by atoms with Gasteiger partial charge >= 0.3 is 0 Å². The van der Waals surface area contributed by atoms with E-state index in [1.165, 1.54) is 0 Å². The molecule has 0 aliphatic carbocycles. The first-order valence-corrected chi connectivity index (χ1v) is 11.9. The Morgan fingerprint density at radius 1 is 1.09 bits per heavy atom. The fourth-order valence-electron chi connectivity index (χ4n) is 3.82. The molecule has 0 spiro atoms. The average Bonchev–Trinajstić information content (AvgIpc) is 2.79. The van der Waals surface area contributed by atoms with Crippen LogP contribution in [0.3, 0.4) is 0 Å². The molecule has 0 saturated heterocycles. The van der Waals surface area contributed by atoms with Gasteiger partial charge < -0.3 is 26.6 Å². The zero-order chi connectivity index (χ0) is 25.6. The maximum atomic E-state index is 12.7. The summed E-state index contributed by atoms with van der Waals surface area (Å²) in [5, 5.41) is 26.7.